The second-order valence-corrected chi connectivity index (χ2v) is 5.40. The van der Waals surface area contributed by atoms with Gasteiger partial charge >= 0.3 is 0 Å². The molecule has 1 N–H and O–H groups in total. The van der Waals surface area contributed by atoms with Crippen molar-refractivity contribution in [3.63, 3.8) is 0 Å². The lowest BCUT2D eigenvalue weighted by Crippen LogP contribution is -2.07. The Morgan fingerprint density at radius 2 is 1.65 bits per heavy atom. The standard InChI is InChI=1S/C17H20ClNO/c1-13-10-14(2)12-16(11-13)19-8-3-9-20-17-6-4-15(18)5-7-17/h4-7,10-12,19H,3,8-9H2,1-2H3. The van der Waals surface area contributed by atoms with E-state index in [0.717, 1.165) is 23.7 Å². The summed E-state index contributed by atoms with van der Waals surface area (Å²) in [6, 6.07) is 13.9. The Balaban J connectivity index is 1.70. The molecule has 0 bridgehead atoms. The third kappa shape index (κ3) is 4.78. The summed E-state index contributed by atoms with van der Waals surface area (Å²) >= 11 is 5.82. The highest BCUT2D eigenvalue weighted by molar-refractivity contribution is 6.30. The van der Waals surface area contributed by atoms with Crippen LogP contribution in [-0.4, -0.2) is 13.2 Å². The summed E-state index contributed by atoms with van der Waals surface area (Å²) < 4.78 is 5.65. The molecular weight excluding hydrogens is 270 g/mol. The predicted octanol–water partition coefficient (Wildman–Crippen LogP) is 4.84. The van der Waals surface area contributed by atoms with Gasteiger partial charge in [0.1, 0.15) is 5.75 Å². The number of rotatable bonds is 6. The highest BCUT2D eigenvalue weighted by Gasteiger charge is 1.96. The van der Waals surface area contributed by atoms with E-state index in [0.29, 0.717) is 6.61 Å². The van der Waals surface area contributed by atoms with Gasteiger partial charge in [0.15, 0.2) is 0 Å². The van der Waals surface area contributed by atoms with Crippen molar-refractivity contribution < 1.29 is 4.74 Å². The topological polar surface area (TPSA) is 21.3 Å². The normalized spacial score (nSPS) is 10.3. The third-order valence-corrected chi connectivity index (χ3v) is 3.21. The van der Waals surface area contributed by atoms with Gasteiger partial charge in [-0.05, 0) is 67.8 Å². The lowest BCUT2D eigenvalue weighted by Gasteiger charge is -2.09. The van der Waals surface area contributed by atoms with Crippen molar-refractivity contribution in [2.24, 2.45) is 0 Å². The molecule has 0 aliphatic carbocycles. The molecule has 0 saturated carbocycles. The average Bonchev–Trinajstić information content (AvgIpc) is 2.39. The van der Waals surface area contributed by atoms with Crippen LogP contribution in [0.2, 0.25) is 5.02 Å². The maximum Gasteiger partial charge on any atom is 0.119 e. The van der Waals surface area contributed by atoms with E-state index < -0.39 is 0 Å². The Bertz CT molecular complexity index is 531. The predicted molar refractivity (Wildman–Crippen MR) is 86.0 cm³/mol. The lowest BCUT2D eigenvalue weighted by molar-refractivity contribution is 0.315. The fraction of sp³-hybridized carbons (Fsp3) is 0.294. The first-order valence-corrected chi connectivity index (χ1v) is 7.22. The summed E-state index contributed by atoms with van der Waals surface area (Å²) in [7, 11) is 0. The largest absolute Gasteiger partial charge is 0.494 e. The van der Waals surface area contributed by atoms with Crippen molar-refractivity contribution in [3.05, 3.63) is 58.6 Å². The Morgan fingerprint density at radius 3 is 2.30 bits per heavy atom. The molecule has 0 aromatic heterocycles. The Hall–Kier alpha value is -1.67. The summed E-state index contributed by atoms with van der Waals surface area (Å²) in [6.07, 6.45) is 0.954. The van der Waals surface area contributed by atoms with Crippen LogP contribution in [0.4, 0.5) is 5.69 Å². The molecule has 2 rings (SSSR count). The van der Waals surface area contributed by atoms with Gasteiger partial charge in [-0.2, -0.15) is 0 Å². The van der Waals surface area contributed by atoms with Crippen molar-refractivity contribution >= 4 is 17.3 Å². The second-order valence-electron chi connectivity index (χ2n) is 4.96. The van der Waals surface area contributed by atoms with Crippen LogP contribution in [-0.2, 0) is 0 Å². The SMILES string of the molecule is Cc1cc(C)cc(NCCCOc2ccc(Cl)cc2)c1. The molecule has 3 heteroatoms. The van der Waals surface area contributed by atoms with E-state index in [1.807, 2.05) is 24.3 Å². The zero-order chi connectivity index (χ0) is 14.4. The first-order chi connectivity index (χ1) is 9.63. The van der Waals surface area contributed by atoms with Crippen molar-refractivity contribution in [2.75, 3.05) is 18.5 Å². The minimum absolute atomic E-state index is 0.694. The molecule has 0 aliphatic rings. The quantitative estimate of drug-likeness (QED) is 0.769. The molecule has 0 unspecified atom stereocenters. The van der Waals surface area contributed by atoms with Crippen LogP contribution in [0.15, 0.2) is 42.5 Å². The van der Waals surface area contributed by atoms with Gasteiger partial charge in [-0.15, -0.1) is 0 Å². The molecule has 2 nitrogen and oxygen atoms in total. The smallest absolute Gasteiger partial charge is 0.119 e. The summed E-state index contributed by atoms with van der Waals surface area (Å²) in [4.78, 5) is 0. The van der Waals surface area contributed by atoms with Crippen LogP contribution in [0.25, 0.3) is 0 Å². The first kappa shape index (κ1) is 14.7. The van der Waals surface area contributed by atoms with Crippen LogP contribution in [0.1, 0.15) is 17.5 Å². The minimum atomic E-state index is 0.694. The van der Waals surface area contributed by atoms with E-state index in [-0.39, 0.29) is 0 Å². The van der Waals surface area contributed by atoms with E-state index in [1.165, 1.54) is 16.8 Å². The van der Waals surface area contributed by atoms with E-state index in [2.05, 4.69) is 37.4 Å². The Labute approximate surface area is 125 Å². The molecule has 0 atom stereocenters. The minimum Gasteiger partial charge on any atom is -0.494 e. The molecular formula is C17H20ClNO. The number of ether oxygens (including phenoxy) is 1. The van der Waals surface area contributed by atoms with Crippen LogP contribution >= 0.6 is 11.6 Å². The maximum absolute atomic E-state index is 5.82. The molecule has 0 radical (unpaired) electrons. The number of halogens is 1. The van der Waals surface area contributed by atoms with Gasteiger partial charge in [-0.25, -0.2) is 0 Å². The van der Waals surface area contributed by atoms with Gasteiger partial charge < -0.3 is 10.1 Å². The third-order valence-electron chi connectivity index (χ3n) is 2.95. The van der Waals surface area contributed by atoms with E-state index in [9.17, 15) is 0 Å². The Kier molecular flexibility index (Phi) is 5.31. The zero-order valence-corrected chi connectivity index (χ0v) is 12.7. The van der Waals surface area contributed by atoms with Crippen molar-refractivity contribution in [1.29, 1.82) is 0 Å². The molecule has 2 aromatic carbocycles. The molecule has 0 saturated heterocycles. The monoisotopic (exact) mass is 289 g/mol. The van der Waals surface area contributed by atoms with E-state index in [4.69, 9.17) is 16.3 Å². The van der Waals surface area contributed by atoms with Crippen LogP contribution in [0.3, 0.4) is 0 Å². The van der Waals surface area contributed by atoms with Gasteiger partial charge in [0.2, 0.25) is 0 Å². The number of aryl methyl sites for hydroxylation is 2. The molecule has 20 heavy (non-hydrogen) atoms. The molecule has 0 heterocycles. The summed E-state index contributed by atoms with van der Waals surface area (Å²) in [5, 5.41) is 4.15. The zero-order valence-electron chi connectivity index (χ0n) is 11.9. The van der Waals surface area contributed by atoms with Gasteiger partial charge in [-0.3, -0.25) is 0 Å². The summed E-state index contributed by atoms with van der Waals surface area (Å²) in [6.45, 7) is 5.82. The van der Waals surface area contributed by atoms with E-state index in [1.54, 1.807) is 0 Å². The number of anilines is 1. The number of hydrogen-bond donors (Lipinski definition) is 1. The van der Waals surface area contributed by atoms with Crippen LogP contribution in [0, 0.1) is 13.8 Å². The van der Waals surface area contributed by atoms with Crippen molar-refractivity contribution in [2.45, 2.75) is 20.3 Å². The number of hydrogen-bond acceptors (Lipinski definition) is 2. The average molecular weight is 290 g/mol. The van der Waals surface area contributed by atoms with Crippen molar-refractivity contribution in [1.82, 2.24) is 0 Å². The molecule has 0 fully saturated rings. The molecule has 106 valence electrons. The molecule has 2 aromatic rings. The summed E-state index contributed by atoms with van der Waals surface area (Å²) in [5.41, 5.74) is 3.74. The van der Waals surface area contributed by atoms with E-state index >= 15 is 0 Å². The lowest BCUT2D eigenvalue weighted by atomic mass is 10.1. The molecule has 0 aliphatic heterocycles. The fourth-order valence-corrected chi connectivity index (χ4v) is 2.23. The highest BCUT2D eigenvalue weighted by Crippen LogP contribution is 2.16. The van der Waals surface area contributed by atoms with Gasteiger partial charge in [-0.1, -0.05) is 17.7 Å². The maximum atomic E-state index is 5.82. The fourth-order valence-electron chi connectivity index (χ4n) is 2.10. The van der Waals surface area contributed by atoms with Crippen LogP contribution < -0.4 is 10.1 Å². The van der Waals surface area contributed by atoms with Crippen LogP contribution in [0.5, 0.6) is 5.75 Å². The van der Waals surface area contributed by atoms with Crippen molar-refractivity contribution in [3.8, 4) is 5.75 Å². The van der Waals surface area contributed by atoms with Gasteiger partial charge in [0.25, 0.3) is 0 Å². The molecule has 0 spiro atoms. The second kappa shape index (κ2) is 7.20. The highest BCUT2D eigenvalue weighted by atomic mass is 35.5. The molecule has 0 amide bonds. The van der Waals surface area contributed by atoms with Gasteiger partial charge in [0.05, 0.1) is 6.61 Å². The Morgan fingerprint density at radius 1 is 1.00 bits per heavy atom. The number of benzene rings is 2. The van der Waals surface area contributed by atoms with Gasteiger partial charge in [0, 0.05) is 17.3 Å². The number of nitrogens with one attached hydrogen (secondary N) is 1. The first-order valence-electron chi connectivity index (χ1n) is 6.84. The summed E-state index contributed by atoms with van der Waals surface area (Å²) in [5.74, 6) is 0.862.